The third kappa shape index (κ3) is 3.54. The second-order valence-corrected chi connectivity index (χ2v) is 3.14. The highest BCUT2D eigenvalue weighted by Gasteiger charge is 2.12. The molecule has 1 saturated heterocycles. The molecule has 0 amide bonds. The molecule has 0 aromatic heterocycles. The van der Waals surface area contributed by atoms with E-state index in [4.69, 9.17) is 0 Å². The average Bonchev–Trinajstić information content (AvgIpc) is 2.50. The van der Waals surface area contributed by atoms with Gasteiger partial charge in [-0.1, -0.05) is 6.08 Å². The third-order valence-corrected chi connectivity index (χ3v) is 2.18. The summed E-state index contributed by atoms with van der Waals surface area (Å²) in [5.41, 5.74) is 0. The van der Waals surface area contributed by atoms with Crippen molar-refractivity contribution in [3.8, 4) is 0 Å². The van der Waals surface area contributed by atoms with Crippen molar-refractivity contribution < 1.29 is 0 Å². The van der Waals surface area contributed by atoms with E-state index in [1.54, 1.807) is 0 Å². The van der Waals surface area contributed by atoms with E-state index in [0.29, 0.717) is 0 Å². The van der Waals surface area contributed by atoms with E-state index in [2.05, 4.69) is 17.2 Å². The second-order valence-electron chi connectivity index (χ2n) is 3.14. The van der Waals surface area contributed by atoms with Crippen molar-refractivity contribution >= 4 is 0 Å². The van der Waals surface area contributed by atoms with Crippen molar-refractivity contribution in [3.63, 3.8) is 0 Å². The molecule has 0 aromatic rings. The summed E-state index contributed by atoms with van der Waals surface area (Å²) in [7, 11) is 0. The lowest BCUT2D eigenvalue weighted by molar-refractivity contribution is 0.510. The van der Waals surface area contributed by atoms with Crippen molar-refractivity contribution in [2.45, 2.75) is 12.8 Å². The van der Waals surface area contributed by atoms with E-state index >= 15 is 0 Å². The highest BCUT2D eigenvalue weighted by atomic mass is 14.9. The molecular weight excluding hydrogens is 136 g/mol. The molecular formula is C9H18N2. The Balaban J connectivity index is 1.89. The summed E-state index contributed by atoms with van der Waals surface area (Å²) in [5, 5.41) is 6.68. The van der Waals surface area contributed by atoms with Gasteiger partial charge in [-0.05, 0) is 38.4 Å². The monoisotopic (exact) mass is 154 g/mol. The molecule has 1 fully saturated rings. The molecule has 0 atom stereocenters. The number of hydrogen-bond donors (Lipinski definition) is 2. The van der Waals surface area contributed by atoms with Gasteiger partial charge in [0.1, 0.15) is 0 Å². The van der Waals surface area contributed by atoms with Crippen LogP contribution in [0.2, 0.25) is 0 Å². The Morgan fingerprint density at radius 3 is 3.18 bits per heavy atom. The van der Waals surface area contributed by atoms with Crippen LogP contribution in [0.4, 0.5) is 0 Å². The molecule has 1 heterocycles. The lowest BCUT2D eigenvalue weighted by Crippen LogP contribution is -2.19. The van der Waals surface area contributed by atoms with Crippen LogP contribution in [0.25, 0.3) is 0 Å². The molecule has 11 heavy (non-hydrogen) atoms. The standard InChI is InChI=1S/C9H18N2/c1-2-5-10-6-3-9-4-7-11-8-9/h2,9-11H,1,3-8H2. The van der Waals surface area contributed by atoms with Crippen LogP contribution in [0.1, 0.15) is 12.8 Å². The first-order chi connectivity index (χ1) is 5.43. The third-order valence-electron chi connectivity index (χ3n) is 2.18. The largest absolute Gasteiger partial charge is 0.316 e. The minimum atomic E-state index is 0.910. The Hall–Kier alpha value is -0.340. The summed E-state index contributed by atoms with van der Waals surface area (Å²) in [4.78, 5) is 0. The number of rotatable bonds is 5. The normalized spacial score (nSPS) is 23.8. The van der Waals surface area contributed by atoms with Crippen LogP contribution in [0.3, 0.4) is 0 Å². The van der Waals surface area contributed by atoms with Gasteiger partial charge in [0.25, 0.3) is 0 Å². The van der Waals surface area contributed by atoms with Gasteiger partial charge in [0.05, 0.1) is 0 Å². The van der Waals surface area contributed by atoms with Crippen LogP contribution in [-0.4, -0.2) is 26.2 Å². The molecule has 0 spiro atoms. The van der Waals surface area contributed by atoms with Crippen molar-refractivity contribution in [3.05, 3.63) is 12.7 Å². The molecule has 0 bridgehead atoms. The van der Waals surface area contributed by atoms with Crippen LogP contribution in [-0.2, 0) is 0 Å². The fourth-order valence-corrected chi connectivity index (χ4v) is 1.47. The summed E-state index contributed by atoms with van der Waals surface area (Å²) >= 11 is 0. The average molecular weight is 154 g/mol. The van der Waals surface area contributed by atoms with Crippen LogP contribution in [0, 0.1) is 5.92 Å². The number of hydrogen-bond acceptors (Lipinski definition) is 2. The minimum Gasteiger partial charge on any atom is -0.316 e. The van der Waals surface area contributed by atoms with E-state index in [9.17, 15) is 0 Å². The van der Waals surface area contributed by atoms with Crippen LogP contribution >= 0.6 is 0 Å². The Morgan fingerprint density at radius 1 is 1.64 bits per heavy atom. The lowest BCUT2D eigenvalue weighted by atomic mass is 10.1. The predicted octanol–water partition coefficient (Wildman–Crippen LogP) is 0.762. The maximum Gasteiger partial charge on any atom is 0.0132 e. The van der Waals surface area contributed by atoms with Crippen LogP contribution in [0.15, 0.2) is 12.7 Å². The molecule has 1 aliphatic heterocycles. The molecule has 2 heteroatoms. The fraction of sp³-hybridized carbons (Fsp3) is 0.778. The molecule has 0 radical (unpaired) electrons. The van der Waals surface area contributed by atoms with Crippen molar-refractivity contribution in [2.24, 2.45) is 5.92 Å². The van der Waals surface area contributed by atoms with Gasteiger partial charge in [-0.3, -0.25) is 0 Å². The molecule has 2 N–H and O–H groups in total. The van der Waals surface area contributed by atoms with E-state index in [1.165, 1.54) is 25.9 Å². The fourth-order valence-electron chi connectivity index (χ4n) is 1.47. The Labute approximate surface area is 69.1 Å². The van der Waals surface area contributed by atoms with Gasteiger partial charge in [0.15, 0.2) is 0 Å². The predicted molar refractivity (Wildman–Crippen MR) is 48.7 cm³/mol. The van der Waals surface area contributed by atoms with Crippen LogP contribution < -0.4 is 10.6 Å². The number of nitrogens with one attached hydrogen (secondary N) is 2. The van der Waals surface area contributed by atoms with Gasteiger partial charge in [-0.2, -0.15) is 0 Å². The second kappa shape index (κ2) is 5.33. The van der Waals surface area contributed by atoms with Gasteiger partial charge in [-0.25, -0.2) is 0 Å². The Bertz CT molecular complexity index is 106. The van der Waals surface area contributed by atoms with E-state index in [0.717, 1.165) is 19.0 Å². The quantitative estimate of drug-likeness (QED) is 0.451. The zero-order chi connectivity index (χ0) is 7.94. The highest BCUT2D eigenvalue weighted by Crippen LogP contribution is 2.10. The van der Waals surface area contributed by atoms with E-state index < -0.39 is 0 Å². The molecule has 2 nitrogen and oxygen atoms in total. The van der Waals surface area contributed by atoms with Gasteiger partial charge in [-0.15, -0.1) is 6.58 Å². The smallest absolute Gasteiger partial charge is 0.0132 e. The van der Waals surface area contributed by atoms with Crippen molar-refractivity contribution in [1.82, 2.24) is 10.6 Å². The summed E-state index contributed by atoms with van der Waals surface area (Å²) < 4.78 is 0. The van der Waals surface area contributed by atoms with Gasteiger partial charge < -0.3 is 10.6 Å². The minimum absolute atomic E-state index is 0.910. The maximum absolute atomic E-state index is 3.66. The summed E-state index contributed by atoms with van der Waals surface area (Å²) in [5.74, 6) is 0.910. The van der Waals surface area contributed by atoms with Crippen LogP contribution in [0.5, 0.6) is 0 Å². The molecule has 0 aliphatic carbocycles. The zero-order valence-corrected chi connectivity index (χ0v) is 7.10. The van der Waals surface area contributed by atoms with Crippen molar-refractivity contribution in [2.75, 3.05) is 26.2 Å². The van der Waals surface area contributed by atoms with Gasteiger partial charge in [0, 0.05) is 6.54 Å². The molecule has 64 valence electrons. The summed E-state index contributed by atoms with van der Waals surface area (Å²) in [6.45, 7) is 8.17. The Morgan fingerprint density at radius 2 is 2.55 bits per heavy atom. The zero-order valence-electron chi connectivity index (χ0n) is 7.10. The topological polar surface area (TPSA) is 24.1 Å². The molecule has 1 aliphatic rings. The molecule has 0 aromatic carbocycles. The van der Waals surface area contributed by atoms with Gasteiger partial charge >= 0.3 is 0 Å². The molecule has 0 saturated carbocycles. The Kier molecular flexibility index (Phi) is 4.24. The summed E-state index contributed by atoms with van der Waals surface area (Å²) in [6.07, 6.45) is 4.57. The first-order valence-corrected chi connectivity index (χ1v) is 4.46. The SMILES string of the molecule is C=CCNCCC1CCNC1. The van der Waals surface area contributed by atoms with E-state index in [1.807, 2.05) is 6.08 Å². The first-order valence-electron chi connectivity index (χ1n) is 4.46. The summed E-state index contributed by atoms with van der Waals surface area (Å²) in [6, 6.07) is 0. The molecule has 1 rings (SSSR count). The van der Waals surface area contributed by atoms with Crippen molar-refractivity contribution in [1.29, 1.82) is 0 Å². The lowest BCUT2D eigenvalue weighted by Gasteiger charge is -2.07. The van der Waals surface area contributed by atoms with E-state index in [-0.39, 0.29) is 0 Å². The van der Waals surface area contributed by atoms with Gasteiger partial charge in [0.2, 0.25) is 0 Å². The first kappa shape index (κ1) is 8.75. The maximum atomic E-state index is 3.66. The highest BCUT2D eigenvalue weighted by molar-refractivity contribution is 4.74. The molecule has 0 unspecified atom stereocenters.